The van der Waals surface area contributed by atoms with E-state index in [2.05, 4.69) is 15.9 Å². The topological polar surface area (TPSA) is 40.5 Å². The van der Waals surface area contributed by atoms with Gasteiger partial charge in [-0.25, -0.2) is 0 Å². The van der Waals surface area contributed by atoms with Gasteiger partial charge in [-0.2, -0.15) is 0 Å². The van der Waals surface area contributed by atoms with E-state index in [0.717, 1.165) is 20.8 Å². The van der Waals surface area contributed by atoms with E-state index in [9.17, 15) is 10.2 Å². The van der Waals surface area contributed by atoms with Crippen LogP contribution in [0.5, 0.6) is 5.75 Å². The first-order chi connectivity index (χ1) is 7.95. The third kappa shape index (κ3) is 2.17. The summed E-state index contributed by atoms with van der Waals surface area (Å²) in [4.78, 5) is 0. The lowest BCUT2D eigenvalue weighted by molar-refractivity contribution is 0.216. The standard InChI is InChI=1S/C14H15BrO2/c1-14(2,8-16)13-11-5-4-10(15)7-9(11)3-6-12(13)17/h3-7,16-17H,8H2,1-2H3. The van der Waals surface area contributed by atoms with Crippen molar-refractivity contribution in [2.45, 2.75) is 19.3 Å². The molecule has 90 valence electrons. The zero-order chi connectivity index (χ0) is 12.6. The first-order valence-electron chi connectivity index (χ1n) is 5.48. The Labute approximate surface area is 109 Å². The third-order valence-corrected chi connectivity index (χ3v) is 3.53. The molecule has 0 aliphatic heterocycles. The molecule has 0 aliphatic rings. The van der Waals surface area contributed by atoms with Crippen LogP contribution >= 0.6 is 15.9 Å². The largest absolute Gasteiger partial charge is 0.508 e. The minimum Gasteiger partial charge on any atom is -0.508 e. The number of rotatable bonds is 2. The van der Waals surface area contributed by atoms with E-state index in [-0.39, 0.29) is 12.4 Å². The van der Waals surface area contributed by atoms with Gasteiger partial charge in [0.25, 0.3) is 0 Å². The maximum atomic E-state index is 10.0. The number of phenolic OH excluding ortho intramolecular Hbond substituents is 1. The van der Waals surface area contributed by atoms with Crippen LogP contribution in [0.15, 0.2) is 34.8 Å². The molecule has 2 aromatic rings. The van der Waals surface area contributed by atoms with Gasteiger partial charge in [-0.3, -0.25) is 0 Å². The summed E-state index contributed by atoms with van der Waals surface area (Å²) in [7, 11) is 0. The molecule has 2 N–H and O–H groups in total. The van der Waals surface area contributed by atoms with Crippen molar-refractivity contribution in [3.05, 3.63) is 40.4 Å². The molecule has 0 spiro atoms. The number of fused-ring (bicyclic) bond motifs is 1. The first kappa shape index (κ1) is 12.4. The van der Waals surface area contributed by atoms with E-state index in [1.54, 1.807) is 6.07 Å². The van der Waals surface area contributed by atoms with Crippen LogP contribution in [0.2, 0.25) is 0 Å². The maximum absolute atomic E-state index is 10.0. The summed E-state index contributed by atoms with van der Waals surface area (Å²) in [6.07, 6.45) is 0. The fourth-order valence-electron chi connectivity index (χ4n) is 2.08. The second-order valence-electron chi connectivity index (χ2n) is 4.87. The van der Waals surface area contributed by atoms with Crippen LogP contribution in [0.3, 0.4) is 0 Å². The van der Waals surface area contributed by atoms with Gasteiger partial charge in [0.15, 0.2) is 0 Å². The summed E-state index contributed by atoms with van der Waals surface area (Å²) in [6.45, 7) is 3.84. The summed E-state index contributed by atoms with van der Waals surface area (Å²) >= 11 is 3.43. The van der Waals surface area contributed by atoms with Crippen molar-refractivity contribution < 1.29 is 10.2 Å². The van der Waals surface area contributed by atoms with Gasteiger partial charge < -0.3 is 10.2 Å². The van der Waals surface area contributed by atoms with Crippen molar-refractivity contribution in [1.29, 1.82) is 0 Å². The number of aliphatic hydroxyl groups is 1. The molecule has 0 heterocycles. The van der Waals surface area contributed by atoms with E-state index in [4.69, 9.17) is 0 Å². The average Bonchev–Trinajstić information content (AvgIpc) is 2.29. The van der Waals surface area contributed by atoms with Gasteiger partial charge in [0.05, 0.1) is 6.61 Å². The van der Waals surface area contributed by atoms with Gasteiger partial charge in [-0.05, 0) is 29.0 Å². The molecule has 2 nitrogen and oxygen atoms in total. The summed E-state index contributed by atoms with van der Waals surface area (Å²) < 4.78 is 1.00. The quantitative estimate of drug-likeness (QED) is 0.889. The lowest BCUT2D eigenvalue weighted by Gasteiger charge is -2.25. The van der Waals surface area contributed by atoms with Crippen molar-refractivity contribution in [3.63, 3.8) is 0 Å². The molecular weight excluding hydrogens is 280 g/mol. The molecule has 2 aromatic carbocycles. The number of benzene rings is 2. The molecule has 0 aliphatic carbocycles. The monoisotopic (exact) mass is 294 g/mol. The number of halogens is 1. The highest BCUT2D eigenvalue weighted by atomic mass is 79.9. The molecule has 0 fully saturated rings. The molecule has 2 rings (SSSR count). The van der Waals surface area contributed by atoms with Crippen molar-refractivity contribution in [1.82, 2.24) is 0 Å². The highest BCUT2D eigenvalue weighted by Gasteiger charge is 2.25. The van der Waals surface area contributed by atoms with Crippen LogP contribution in [0.1, 0.15) is 19.4 Å². The summed E-state index contributed by atoms with van der Waals surface area (Å²) in [5.74, 6) is 0.235. The molecule has 0 amide bonds. The summed E-state index contributed by atoms with van der Waals surface area (Å²) in [6, 6.07) is 9.48. The number of phenols is 1. The highest BCUT2D eigenvalue weighted by molar-refractivity contribution is 9.10. The Balaban J connectivity index is 2.81. The molecule has 0 unspecified atom stereocenters. The smallest absolute Gasteiger partial charge is 0.120 e. The second-order valence-corrected chi connectivity index (χ2v) is 5.78. The van der Waals surface area contributed by atoms with E-state index in [1.165, 1.54) is 0 Å². The van der Waals surface area contributed by atoms with Crippen molar-refractivity contribution in [2.24, 2.45) is 0 Å². The summed E-state index contributed by atoms with van der Waals surface area (Å²) in [5.41, 5.74) is 0.335. The average molecular weight is 295 g/mol. The predicted molar refractivity (Wildman–Crippen MR) is 73.4 cm³/mol. The van der Waals surface area contributed by atoms with Crippen LogP contribution < -0.4 is 0 Å². The number of aliphatic hydroxyl groups excluding tert-OH is 1. The Kier molecular flexibility index (Phi) is 3.15. The molecule has 0 bridgehead atoms. The lowest BCUT2D eigenvalue weighted by atomic mass is 9.82. The fraction of sp³-hybridized carbons (Fsp3) is 0.286. The Hall–Kier alpha value is -1.06. The third-order valence-electron chi connectivity index (χ3n) is 3.03. The van der Waals surface area contributed by atoms with Crippen molar-refractivity contribution in [3.8, 4) is 5.75 Å². The van der Waals surface area contributed by atoms with E-state index in [0.29, 0.717) is 0 Å². The Morgan fingerprint density at radius 3 is 2.53 bits per heavy atom. The fourth-order valence-corrected chi connectivity index (χ4v) is 2.46. The molecule has 17 heavy (non-hydrogen) atoms. The number of hydrogen-bond donors (Lipinski definition) is 2. The van der Waals surface area contributed by atoms with Gasteiger partial charge >= 0.3 is 0 Å². The zero-order valence-electron chi connectivity index (χ0n) is 9.87. The van der Waals surface area contributed by atoms with Gasteiger partial charge in [0, 0.05) is 15.5 Å². The SMILES string of the molecule is CC(C)(CO)c1c(O)ccc2cc(Br)ccc12. The van der Waals surface area contributed by atoms with Crippen molar-refractivity contribution >= 4 is 26.7 Å². The molecule has 0 saturated carbocycles. The van der Waals surface area contributed by atoms with Crippen LogP contribution in [-0.2, 0) is 5.41 Å². The predicted octanol–water partition coefficient (Wildman–Crippen LogP) is 3.58. The van der Waals surface area contributed by atoms with E-state index >= 15 is 0 Å². The second kappa shape index (κ2) is 4.31. The number of aromatic hydroxyl groups is 1. The Morgan fingerprint density at radius 2 is 1.88 bits per heavy atom. The molecular formula is C14H15BrO2. The summed E-state index contributed by atoms with van der Waals surface area (Å²) in [5, 5.41) is 21.5. The lowest BCUT2D eigenvalue weighted by Crippen LogP contribution is -2.22. The van der Waals surface area contributed by atoms with Crippen LogP contribution in [0.4, 0.5) is 0 Å². The minimum absolute atomic E-state index is 0.00423. The number of hydrogen-bond acceptors (Lipinski definition) is 2. The maximum Gasteiger partial charge on any atom is 0.120 e. The zero-order valence-corrected chi connectivity index (χ0v) is 11.5. The van der Waals surface area contributed by atoms with Crippen molar-refractivity contribution in [2.75, 3.05) is 6.61 Å². The van der Waals surface area contributed by atoms with E-state index in [1.807, 2.05) is 38.1 Å². The molecule has 3 heteroatoms. The van der Waals surface area contributed by atoms with Crippen LogP contribution in [0.25, 0.3) is 10.8 Å². The molecule has 0 saturated heterocycles. The van der Waals surface area contributed by atoms with Gasteiger partial charge in [-0.15, -0.1) is 0 Å². The van der Waals surface area contributed by atoms with Gasteiger partial charge in [-0.1, -0.05) is 41.9 Å². The van der Waals surface area contributed by atoms with Crippen LogP contribution in [-0.4, -0.2) is 16.8 Å². The molecule has 0 radical (unpaired) electrons. The minimum atomic E-state index is -0.461. The molecule has 0 atom stereocenters. The first-order valence-corrected chi connectivity index (χ1v) is 6.27. The Bertz CT molecular complexity index is 561. The van der Waals surface area contributed by atoms with Gasteiger partial charge in [0.1, 0.15) is 5.75 Å². The normalized spacial score (nSPS) is 12.0. The highest BCUT2D eigenvalue weighted by Crippen LogP contribution is 2.37. The Morgan fingerprint density at radius 1 is 1.18 bits per heavy atom. The van der Waals surface area contributed by atoms with Crippen LogP contribution in [0, 0.1) is 0 Å². The van der Waals surface area contributed by atoms with E-state index < -0.39 is 5.41 Å². The van der Waals surface area contributed by atoms with Gasteiger partial charge in [0.2, 0.25) is 0 Å². The molecule has 0 aromatic heterocycles.